The molecule has 0 aromatic rings. The van der Waals surface area contributed by atoms with Crippen LogP contribution in [0.15, 0.2) is 24.3 Å². The summed E-state index contributed by atoms with van der Waals surface area (Å²) in [5.74, 6) is 0. The third-order valence-electron chi connectivity index (χ3n) is 3.47. The van der Waals surface area contributed by atoms with Gasteiger partial charge in [-0.15, -0.1) is 0 Å². The van der Waals surface area contributed by atoms with Crippen molar-refractivity contribution in [2.75, 3.05) is 0 Å². The van der Waals surface area contributed by atoms with E-state index in [-0.39, 0.29) is 52.0 Å². The van der Waals surface area contributed by atoms with Gasteiger partial charge < -0.3 is 20.0 Å². The SMILES string of the molecule is CC(C)(C)P(=[N-])(C(C)(C)C)C(C)(C)C.[CH3-].[CH3-].[CH]1C=CC=C1.[Ti+3]. The molecule has 3 heteroatoms. The van der Waals surface area contributed by atoms with Crippen LogP contribution in [0.25, 0.3) is 5.16 Å². The molecular weight excluding hydrogens is 321 g/mol. The average molecular weight is 359 g/mol. The zero-order valence-electron chi connectivity index (χ0n) is 16.8. The van der Waals surface area contributed by atoms with E-state index in [2.05, 4.69) is 62.3 Å². The second kappa shape index (κ2) is 10.3. The van der Waals surface area contributed by atoms with Crippen molar-refractivity contribution in [3.8, 4) is 0 Å². The summed E-state index contributed by atoms with van der Waals surface area (Å²) >= 11 is 0. The van der Waals surface area contributed by atoms with E-state index in [1.165, 1.54) is 0 Å². The molecule has 0 atom stereocenters. The molecule has 0 amide bonds. The van der Waals surface area contributed by atoms with E-state index in [4.69, 9.17) is 0 Å². The van der Waals surface area contributed by atoms with Crippen molar-refractivity contribution >= 4 is 7.05 Å². The van der Waals surface area contributed by atoms with Crippen LogP contribution in [0.5, 0.6) is 0 Å². The molecule has 1 aliphatic rings. The summed E-state index contributed by atoms with van der Waals surface area (Å²) in [4.78, 5) is 0. The van der Waals surface area contributed by atoms with Crippen LogP contribution in [0, 0.1) is 21.3 Å². The minimum absolute atomic E-state index is 0. The van der Waals surface area contributed by atoms with Crippen LogP contribution in [0.3, 0.4) is 0 Å². The molecule has 22 heavy (non-hydrogen) atoms. The van der Waals surface area contributed by atoms with Crippen molar-refractivity contribution < 1.29 is 21.7 Å². The second-order valence-electron chi connectivity index (χ2n) is 8.11. The zero-order valence-corrected chi connectivity index (χ0v) is 19.2. The summed E-state index contributed by atoms with van der Waals surface area (Å²) in [5, 5.41) is 11.1. The van der Waals surface area contributed by atoms with Gasteiger partial charge in [-0.05, 0) is 15.5 Å². The Balaban J connectivity index is -0.000000173. The summed E-state index contributed by atoms with van der Waals surface area (Å²) in [5.41, 5.74) is 0. The van der Waals surface area contributed by atoms with Gasteiger partial charge in [0.1, 0.15) is 0 Å². The molecule has 0 saturated heterocycles. The molecule has 0 fully saturated rings. The van der Waals surface area contributed by atoms with Gasteiger partial charge in [-0.1, -0.05) is 86.6 Å². The summed E-state index contributed by atoms with van der Waals surface area (Å²) in [6, 6.07) is 0. The smallest absolute Gasteiger partial charge is 0.807 e. The first kappa shape index (κ1) is 30.3. The van der Waals surface area contributed by atoms with Gasteiger partial charge in [0.25, 0.3) is 0 Å². The van der Waals surface area contributed by atoms with Crippen molar-refractivity contribution in [3.63, 3.8) is 0 Å². The Labute approximate surface area is 157 Å². The van der Waals surface area contributed by atoms with Crippen LogP contribution >= 0.6 is 7.05 Å². The monoisotopic (exact) mass is 359 g/mol. The van der Waals surface area contributed by atoms with Crippen LogP contribution in [0.2, 0.25) is 0 Å². The van der Waals surface area contributed by atoms with Gasteiger partial charge in [0.2, 0.25) is 0 Å². The Hall–Kier alpha value is 0.424. The largest absolute Gasteiger partial charge is 3.00 e. The summed E-state index contributed by atoms with van der Waals surface area (Å²) in [7, 11) is -2.02. The Morgan fingerprint density at radius 1 is 0.591 bits per heavy atom. The van der Waals surface area contributed by atoms with Gasteiger partial charge in [-0.2, -0.15) is 0 Å². The second-order valence-corrected chi connectivity index (χ2v) is 13.4. The molecule has 0 aliphatic heterocycles. The van der Waals surface area contributed by atoms with E-state index < -0.39 is 7.05 Å². The quantitative estimate of drug-likeness (QED) is 0.245. The molecule has 0 aromatic carbocycles. The molecule has 1 aliphatic carbocycles. The summed E-state index contributed by atoms with van der Waals surface area (Å²) in [6.07, 6.45) is 10.0. The molecular formula is C19H38NPTi. The minimum Gasteiger partial charge on any atom is -0.807 e. The molecule has 1 nitrogen and oxygen atoms in total. The number of hydrogen-bond donors (Lipinski definition) is 0. The van der Waals surface area contributed by atoms with Crippen LogP contribution in [0.4, 0.5) is 0 Å². The van der Waals surface area contributed by atoms with Gasteiger partial charge in [-0.3, -0.25) is 0 Å². The molecule has 0 N–H and O–H groups in total. The first-order valence-corrected chi connectivity index (χ1v) is 8.78. The van der Waals surface area contributed by atoms with Crippen molar-refractivity contribution in [1.82, 2.24) is 0 Å². The number of allylic oxidation sites excluding steroid dienone is 4. The maximum Gasteiger partial charge on any atom is 3.00 e. The predicted octanol–water partition coefficient (Wildman–Crippen LogP) is 7.37. The third kappa shape index (κ3) is 7.33. The van der Waals surface area contributed by atoms with Crippen molar-refractivity contribution in [3.05, 3.63) is 50.7 Å². The maximum absolute atomic E-state index is 11.1. The Morgan fingerprint density at radius 3 is 0.864 bits per heavy atom. The zero-order chi connectivity index (χ0) is 15.5. The first-order valence-electron chi connectivity index (χ1n) is 7.04. The Bertz CT molecular complexity index is 334. The molecule has 0 bridgehead atoms. The molecule has 0 aromatic heterocycles. The van der Waals surface area contributed by atoms with Gasteiger partial charge >= 0.3 is 21.7 Å². The van der Waals surface area contributed by atoms with Gasteiger partial charge in [0, 0.05) is 6.42 Å². The topological polar surface area (TPSA) is 22.3 Å². The number of nitrogens with zero attached hydrogens (tertiary/aromatic N) is 1. The van der Waals surface area contributed by atoms with Gasteiger partial charge in [-0.25, -0.2) is 7.05 Å². The number of hydrogen-bond acceptors (Lipinski definition) is 0. The Morgan fingerprint density at radius 2 is 0.818 bits per heavy atom. The van der Waals surface area contributed by atoms with Crippen molar-refractivity contribution in [1.29, 1.82) is 0 Å². The van der Waals surface area contributed by atoms with Crippen molar-refractivity contribution in [2.24, 2.45) is 0 Å². The van der Waals surface area contributed by atoms with E-state index in [1.54, 1.807) is 0 Å². The van der Waals surface area contributed by atoms with E-state index in [9.17, 15) is 5.16 Å². The average Bonchev–Trinajstić information content (AvgIpc) is 2.68. The normalized spacial score (nSPS) is 14.0. The minimum atomic E-state index is -2.02. The van der Waals surface area contributed by atoms with E-state index in [1.807, 2.05) is 30.7 Å². The molecule has 0 heterocycles. The molecule has 128 valence electrons. The van der Waals surface area contributed by atoms with E-state index in [0.29, 0.717) is 0 Å². The molecule has 1 rings (SSSR count). The van der Waals surface area contributed by atoms with Crippen LogP contribution in [0.1, 0.15) is 62.3 Å². The van der Waals surface area contributed by atoms with E-state index >= 15 is 0 Å². The summed E-state index contributed by atoms with van der Waals surface area (Å²) < 4.78 is 0. The fraction of sp³-hybridized carbons (Fsp3) is 0.632. The Kier molecular flexibility index (Phi) is 14.2. The maximum atomic E-state index is 11.1. The van der Waals surface area contributed by atoms with Gasteiger partial charge in [0.05, 0.1) is 0 Å². The molecule has 2 radical (unpaired) electrons. The standard InChI is InChI=1S/C12H27NP.C5H5.2CH3.Ti/c1-10(2,3)14(13,11(4,5)6)12(7,8)9;1-2-4-5-3-1;;;/h1-9H3;1-5H;2*1H3;/q-1;;2*-1;+3. The van der Waals surface area contributed by atoms with Crippen LogP contribution in [-0.2, 0) is 21.7 Å². The van der Waals surface area contributed by atoms with Crippen LogP contribution in [-0.4, -0.2) is 15.5 Å². The predicted molar refractivity (Wildman–Crippen MR) is 105 cm³/mol. The van der Waals surface area contributed by atoms with Gasteiger partial charge in [0.15, 0.2) is 0 Å². The van der Waals surface area contributed by atoms with E-state index in [0.717, 1.165) is 0 Å². The third-order valence-corrected chi connectivity index (χ3v) is 9.29. The first-order chi connectivity index (χ1) is 8.25. The number of rotatable bonds is 0. The fourth-order valence-electron chi connectivity index (χ4n) is 3.34. The molecule has 0 unspecified atom stereocenters. The van der Waals surface area contributed by atoms with Crippen molar-refractivity contribution in [2.45, 2.75) is 77.8 Å². The summed E-state index contributed by atoms with van der Waals surface area (Å²) in [6.45, 7) is 19.5. The van der Waals surface area contributed by atoms with Crippen LogP contribution < -0.4 is 0 Å². The fourth-order valence-corrected chi connectivity index (χ4v) is 9.38. The molecule has 0 spiro atoms. The molecule has 0 saturated carbocycles.